The molecule has 1 aromatic carbocycles. The van der Waals surface area contributed by atoms with Gasteiger partial charge in [-0.1, -0.05) is 13.3 Å². The van der Waals surface area contributed by atoms with Gasteiger partial charge in [0.25, 0.3) is 11.8 Å². The molecule has 2 amide bonds. The maximum absolute atomic E-state index is 12.7. The predicted molar refractivity (Wildman–Crippen MR) is 116 cm³/mol. The highest BCUT2D eigenvalue weighted by Crippen LogP contribution is 2.29. The number of anilines is 1. The molecule has 9 heteroatoms. The number of carbonyl (C=O) groups excluding carboxylic acids is 2. The van der Waals surface area contributed by atoms with Crippen LogP contribution in [0.15, 0.2) is 42.6 Å². The van der Waals surface area contributed by atoms with E-state index >= 15 is 0 Å². The highest BCUT2D eigenvalue weighted by atomic mass is 19.4. The summed E-state index contributed by atoms with van der Waals surface area (Å²) in [5.41, 5.74) is -0.0491. The van der Waals surface area contributed by atoms with E-state index in [-0.39, 0.29) is 23.4 Å². The Hall–Kier alpha value is -3.10. The number of pyridine rings is 1. The van der Waals surface area contributed by atoms with Crippen molar-refractivity contribution in [2.75, 3.05) is 31.1 Å². The Morgan fingerprint density at radius 3 is 2.19 bits per heavy atom. The number of rotatable bonds is 6. The van der Waals surface area contributed by atoms with Gasteiger partial charge in [0.15, 0.2) is 0 Å². The summed E-state index contributed by atoms with van der Waals surface area (Å²) in [6.45, 7) is 5.97. The van der Waals surface area contributed by atoms with Gasteiger partial charge in [0.2, 0.25) is 0 Å². The number of amides is 2. The SMILES string of the molecule is CCCC(C)NC(=O)c1ccc(N2CCN(C(=O)c3ccc(C(F)(F)F)cc3)CC2)nc1. The lowest BCUT2D eigenvalue weighted by atomic mass is 10.1. The Kier molecular flexibility index (Phi) is 7.37. The van der Waals surface area contributed by atoms with Crippen molar-refractivity contribution in [1.29, 1.82) is 0 Å². The first kappa shape index (κ1) is 23.6. The number of hydrogen-bond donors (Lipinski definition) is 1. The smallest absolute Gasteiger partial charge is 0.353 e. The lowest BCUT2D eigenvalue weighted by Crippen LogP contribution is -2.49. The quantitative estimate of drug-likeness (QED) is 0.726. The van der Waals surface area contributed by atoms with Crippen molar-refractivity contribution < 1.29 is 22.8 Å². The summed E-state index contributed by atoms with van der Waals surface area (Å²) in [7, 11) is 0. The fourth-order valence-electron chi connectivity index (χ4n) is 3.64. The molecule has 1 N–H and O–H groups in total. The first-order valence-corrected chi connectivity index (χ1v) is 10.7. The predicted octanol–water partition coefficient (Wildman–Crippen LogP) is 3.98. The van der Waals surface area contributed by atoms with Crippen LogP contribution >= 0.6 is 0 Å². The number of halogens is 3. The summed E-state index contributed by atoms with van der Waals surface area (Å²) in [4.78, 5) is 32.9. The van der Waals surface area contributed by atoms with Crippen molar-refractivity contribution in [3.05, 3.63) is 59.3 Å². The van der Waals surface area contributed by atoms with Gasteiger partial charge in [0.1, 0.15) is 5.82 Å². The Labute approximate surface area is 185 Å². The molecule has 0 spiro atoms. The summed E-state index contributed by atoms with van der Waals surface area (Å²) in [5, 5.41) is 2.94. The van der Waals surface area contributed by atoms with Crippen LogP contribution in [-0.2, 0) is 6.18 Å². The normalized spacial score (nSPS) is 15.4. The molecule has 0 radical (unpaired) electrons. The first-order chi connectivity index (χ1) is 15.2. The molecule has 2 aromatic rings. The third-order valence-electron chi connectivity index (χ3n) is 5.46. The minimum Gasteiger partial charge on any atom is -0.353 e. The topological polar surface area (TPSA) is 65.5 Å². The molecule has 1 saturated heterocycles. The number of nitrogens with zero attached hydrogens (tertiary/aromatic N) is 3. The Morgan fingerprint density at radius 1 is 1.03 bits per heavy atom. The third-order valence-corrected chi connectivity index (χ3v) is 5.46. The van der Waals surface area contributed by atoms with E-state index < -0.39 is 11.7 Å². The van der Waals surface area contributed by atoms with Crippen LogP contribution in [0.2, 0.25) is 0 Å². The summed E-state index contributed by atoms with van der Waals surface area (Å²) >= 11 is 0. The van der Waals surface area contributed by atoms with Crippen LogP contribution in [0.3, 0.4) is 0 Å². The molecule has 32 heavy (non-hydrogen) atoms. The highest BCUT2D eigenvalue weighted by molar-refractivity contribution is 5.95. The molecule has 2 heterocycles. The van der Waals surface area contributed by atoms with E-state index in [9.17, 15) is 22.8 Å². The minimum atomic E-state index is -4.43. The van der Waals surface area contributed by atoms with E-state index in [0.717, 1.165) is 25.0 Å². The maximum Gasteiger partial charge on any atom is 0.416 e. The standard InChI is InChI=1S/C23H27F3N4O2/c1-3-4-16(2)28-21(31)18-7-10-20(27-15-18)29-11-13-30(14-12-29)22(32)17-5-8-19(9-6-17)23(24,25)26/h5-10,15-16H,3-4,11-14H2,1-2H3,(H,28,31). The molecule has 1 aliphatic rings. The zero-order valence-electron chi connectivity index (χ0n) is 18.2. The molecule has 3 rings (SSSR count). The van der Waals surface area contributed by atoms with Crippen LogP contribution in [0.1, 0.15) is 53.0 Å². The molecular weight excluding hydrogens is 421 g/mol. The summed E-state index contributed by atoms with van der Waals surface area (Å²) in [6.07, 6.45) is -0.980. The summed E-state index contributed by atoms with van der Waals surface area (Å²) in [6, 6.07) is 7.89. The lowest BCUT2D eigenvalue weighted by Gasteiger charge is -2.35. The molecule has 0 bridgehead atoms. The Balaban J connectivity index is 1.55. The second kappa shape index (κ2) is 10.0. The molecule has 1 aliphatic heterocycles. The zero-order valence-corrected chi connectivity index (χ0v) is 18.2. The number of benzene rings is 1. The number of aromatic nitrogens is 1. The molecule has 6 nitrogen and oxygen atoms in total. The Bertz CT molecular complexity index is 922. The van der Waals surface area contributed by atoms with Crippen LogP contribution in [-0.4, -0.2) is 53.9 Å². The minimum absolute atomic E-state index is 0.0995. The van der Waals surface area contributed by atoms with Gasteiger partial charge in [-0.2, -0.15) is 13.2 Å². The van der Waals surface area contributed by atoms with E-state index in [4.69, 9.17) is 0 Å². The molecule has 1 unspecified atom stereocenters. The van der Waals surface area contributed by atoms with E-state index in [1.165, 1.54) is 12.1 Å². The Morgan fingerprint density at radius 2 is 1.66 bits per heavy atom. The van der Waals surface area contributed by atoms with Crippen molar-refractivity contribution in [2.45, 2.75) is 38.9 Å². The first-order valence-electron chi connectivity index (χ1n) is 10.7. The van der Waals surface area contributed by atoms with Crippen molar-refractivity contribution in [1.82, 2.24) is 15.2 Å². The molecule has 1 atom stereocenters. The zero-order chi connectivity index (χ0) is 23.3. The van der Waals surface area contributed by atoms with Gasteiger partial charge in [-0.25, -0.2) is 4.98 Å². The second-order valence-electron chi connectivity index (χ2n) is 7.92. The lowest BCUT2D eigenvalue weighted by molar-refractivity contribution is -0.137. The van der Waals surface area contributed by atoms with Gasteiger partial charge in [-0.3, -0.25) is 9.59 Å². The van der Waals surface area contributed by atoms with Gasteiger partial charge in [0.05, 0.1) is 11.1 Å². The van der Waals surface area contributed by atoms with Gasteiger partial charge in [-0.15, -0.1) is 0 Å². The van der Waals surface area contributed by atoms with Crippen LogP contribution in [0.25, 0.3) is 0 Å². The van der Waals surface area contributed by atoms with Crippen LogP contribution in [0.4, 0.5) is 19.0 Å². The second-order valence-corrected chi connectivity index (χ2v) is 7.92. The fourth-order valence-corrected chi connectivity index (χ4v) is 3.64. The number of hydrogen-bond acceptors (Lipinski definition) is 4. The molecule has 0 saturated carbocycles. The van der Waals surface area contributed by atoms with Gasteiger partial charge >= 0.3 is 6.18 Å². The third kappa shape index (κ3) is 5.77. The van der Waals surface area contributed by atoms with E-state index in [0.29, 0.717) is 37.6 Å². The fraction of sp³-hybridized carbons (Fsp3) is 0.435. The van der Waals surface area contributed by atoms with E-state index in [1.54, 1.807) is 23.2 Å². The molecule has 1 fully saturated rings. The van der Waals surface area contributed by atoms with E-state index in [2.05, 4.69) is 17.2 Å². The van der Waals surface area contributed by atoms with Crippen LogP contribution in [0, 0.1) is 0 Å². The molecular formula is C23H27F3N4O2. The maximum atomic E-state index is 12.7. The number of piperazine rings is 1. The summed E-state index contributed by atoms with van der Waals surface area (Å²) < 4.78 is 38.1. The van der Waals surface area contributed by atoms with Gasteiger partial charge in [0, 0.05) is 44.0 Å². The molecule has 172 valence electrons. The van der Waals surface area contributed by atoms with Crippen molar-refractivity contribution in [2.24, 2.45) is 0 Å². The van der Waals surface area contributed by atoms with Gasteiger partial charge < -0.3 is 15.1 Å². The molecule has 1 aromatic heterocycles. The molecule has 0 aliphatic carbocycles. The summed E-state index contributed by atoms with van der Waals surface area (Å²) in [5.74, 6) is 0.265. The largest absolute Gasteiger partial charge is 0.416 e. The van der Waals surface area contributed by atoms with Crippen molar-refractivity contribution in [3.8, 4) is 0 Å². The number of nitrogens with one attached hydrogen (secondary N) is 1. The average Bonchev–Trinajstić information content (AvgIpc) is 2.78. The van der Waals surface area contributed by atoms with Gasteiger partial charge in [-0.05, 0) is 49.7 Å². The highest BCUT2D eigenvalue weighted by Gasteiger charge is 2.31. The average molecular weight is 448 g/mol. The van der Waals surface area contributed by atoms with Crippen LogP contribution in [0.5, 0.6) is 0 Å². The van der Waals surface area contributed by atoms with E-state index in [1.807, 2.05) is 11.8 Å². The van der Waals surface area contributed by atoms with Crippen LogP contribution < -0.4 is 10.2 Å². The number of carbonyl (C=O) groups is 2. The number of alkyl halides is 3. The van der Waals surface area contributed by atoms with Crippen molar-refractivity contribution >= 4 is 17.6 Å². The monoisotopic (exact) mass is 448 g/mol. The van der Waals surface area contributed by atoms with Crippen molar-refractivity contribution in [3.63, 3.8) is 0 Å².